The molecule has 0 bridgehead atoms. The molecule has 0 saturated heterocycles. The Kier molecular flexibility index (Phi) is 6.54. The second-order valence-corrected chi connectivity index (χ2v) is 3.19. The molecule has 0 aromatic rings. The Hall–Kier alpha value is -0.610. The number of methoxy groups -OCH3 is 1. The van der Waals surface area contributed by atoms with Gasteiger partial charge in [0, 0.05) is 7.11 Å². The van der Waals surface area contributed by atoms with Gasteiger partial charge in [-0.3, -0.25) is 0 Å². The summed E-state index contributed by atoms with van der Waals surface area (Å²) in [5.74, 6) is 0.409. The van der Waals surface area contributed by atoms with Crippen molar-refractivity contribution >= 4 is 6.40 Å². The van der Waals surface area contributed by atoms with E-state index in [1.165, 1.54) is 13.5 Å². The van der Waals surface area contributed by atoms with Gasteiger partial charge in [0.2, 0.25) is 6.40 Å². The van der Waals surface area contributed by atoms with Gasteiger partial charge in [-0.15, -0.1) is 0 Å². The van der Waals surface area contributed by atoms with Crippen molar-refractivity contribution in [1.29, 1.82) is 0 Å². The Bertz CT molecular complexity index is 148. The largest absolute Gasteiger partial charge is 0.380 e. The molecule has 0 aliphatic rings. The second kappa shape index (κ2) is 6.86. The van der Waals surface area contributed by atoms with Crippen molar-refractivity contribution in [3.63, 3.8) is 0 Å². The van der Waals surface area contributed by atoms with Crippen LogP contribution in [-0.4, -0.2) is 32.8 Å². The molecule has 4 heteroatoms. The zero-order valence-corrected chi connectivity index (χ0v) is 8.98. The van der Waals surface area contributed by atoms with Gasteiger partial charge in [-0.25, -0.2) is 4.99 Å². The van der Waals surface area contributed by atoms with Crippen molar-refractivity contribution in [2.75, 3.05) is 14.2 Å². The van der Waals surface area contributed by atoms with Crippen molar-refractivity contribution < 1.29 is 14.5 Å². The van der Waals surface area contributed by atoms with Gasteiger partial charge >= 0.3 is 0 Å². The van der Waals surface area contributed by atoms with Crippen LogP contribution in [0.15, 0.2) is 4.99 Å². The third kappa shape index (κ3) is 4.85. The predicted molar refractivity (Wildman–Crippen MR) is 51.7 cm³/mol. The van der Waals surface area contributed by atoms with Crippen LogP contribution < -0.4 is 0 Å². The summed E-state index contributed by atoms with van der Waals surface area (Å²) in [5.41, 5.74) is 0. The van der Waals surface area contributed by atoms with Crippen LogP contribution in [0.3, 0.4) is 0 Å². The lowest BCUT2D eigenvalue weighted by atomic mass is 10.0. The average molecular weight is 189 g/mol. The quantitative estimate of drug-likeness (QED) is 0.276. The van der Waals surface area contributed by atoms with Crippen molar-refractivity contribution in [2.24, 2.45) is 10.9 Å². The molecule has 13 heavy (non-hydrogen) atoms. The van der Waals surface area contributed by atoms with Gasteiger partial charge in [0.1, 0.15) is 0 Å². The van der Waals surface area contributed by atoms with E-state index >= 15 is 0 Å². The molecular weight excluding hydrogens is 170 g/mol. The molecule has 0 aliphatic carbocycles. The van der Waals surface area contributed by atoms with Crippen LogP contribution in [0.25, 0.3) is 0 Å². The maximum Gasteiger partial charge on any atom is 0.215 e. The monoisotopic (exact) mass is 189 g/mol. The molecule has 0 aromatic heterocycles. The predicted octanol–water partition coefficient (Wildman–Crippen LogP) is 1.65. The van der Waals surface area contributed by atoms with Crippen LogP contribution in [0.1, 0.15) is 20.8 Å². The topological polar surface area (TPSA) is 40.0 Å². The fourth-order valence-corrected chi connectivity index (χ4v) is 1.11. The van der Waals surface area contributed by atoms with Crippen LogP contribution in [0, 0.1) is 5.92 Å². The number of ether oxygens (including phenoxy) is 1. The van der Waals surface area contributed by atoms with Crippen molar-refractivity contribution in [3.05, 3.63) is 0 Å². The molecule has 0 rings (SSSR count). The number of hydrogen-bond acceptors (Lipinski definition) is 4. The molecule has 0 radical (unpaired) electrons. The summed E-state index contributed by atoms with van der Waals surface area (Å²) in [6.07, 6.45) is 1.39. The molecule has 4 nitrogen and oxygen atoms in total. The van der Waals surface area contributed by atoms with E-state index in [0.717, 1.165) is 0 Å². The van der Waals surface area contributed by atoms with Crippen LogP contribution in [-0.2, 0) is 14.5 Å². The minimum Gasteiger partial charge on any atom is -0.380 e. The van der Waals surface area contributed by atoms with E-state index in [4.69, 9.17) is 4.74 Å². The van der Waals surface area contributed by atoms with Gasteiger partial charge < -0.3 is 9.62 Å². The molecule has 0 saturated carbocycles. The Labute approximate surface area is 79.8 Å². The highest BCUT2D eigenvalue weighted by Gasteiger charge is 2.18. The molecule has 0 spiro atoms. The highest BCUT2D eigenvalue weighted by molar-refractivity contribution is 5.45. The maximum absolute atomic E-state index is 5.19. The molecular formula is C9H19NO3. The maximum atomic E-state index is 5.19. The summed E-state index contributed by atoms with van der Waals surface area (Å²) >= 11 is 0. The average Bonchev–Trinajstić information content (AvgIpc) is 2.11. The Morgan fingerprint density at radius 3 is 2.15 bits per heavy atom. The summed E-state index contributed by atoms with van der Waals surface area (Å²) in [7, 11) is 3.11. The van der Waals surface area contributed by atoms with Crippen molar-refractivity contribution in [1.82, 2.24) is 0 Å². The van der Waals surface area contributed by atoms with E-state index in [-0.39, 0.29) is 12.1 Å². The van der Waals surface area contributed by atoms with Gasteiger partial charge in [-0.05, 0) is 12.8 Å². The SMILES string of the molecule is COO/C=N/[C@H](C(C)C)C(C)OC. The first-order valence-electron chi connectivity index (χ1n) is 4.37. The Morgan fingerprint density at radius 2 is 1.77 bits per heavy atom. The fourth-order valence-electron chi connectivity index (χ4n) is 1.11. The molecule has 1 unspecified atom stereocenters. The van der Waals surface area contributed by atoms with Gasteiger partial charge in [0.15, 0.2) is 0 Å². The third-order valence-electron chi connectivity index (χ3n) is 1.91. The highest BCUT2D eigenvalue weighted by atomic mass is 17.2. The van der Waals surface area contributed by atoms with Gasteiger partial charge in [0.25, 0.3) is 0 Å². The zero-order chi connectivity index (χ0) is 10.3. The minimum atomic E-state index is 0.0803. The summed E-state index contributed by atoms with van der Waals surface area (Å²) < 4.78 is 5.19. The lowest BCUT2D eigenvalue weighted by molar-refractivity contribution is -0.188. The molecule has 0 amide bonds. The van der Waals surface area contributed by atoms with Gasteiger partial charge in [-0.2, -0.15) is 4.89 Å². The molecule has 78 valence electrons. The Morgan fingerprint density at radius 1 is 1.15 bits per heavy atom. The summed E-state index contributed by atoms with van der Waals surface area (Å²) in [6, 6.07) is 0.0974. The molecule has 0 heterocycles. The molecule has 0 aromatic carbocycles. The lowest BCUT2D eigenvalue weighted by Gasteiger charge is -2.21. The van der Waals surface area contributed by atoms with E-state index in [0.29, 0.717) is 5.92 Å². The smallest absolute Gasteiger partial charge is 0.215 e. The number of hydrogen-bond donors (Lipinski definition) is 0. The van der Waals surface area contributed by atoms with E-state index in [1.807, 2.05) is 6.92 Å². The Balaban J connectivity index is 4.09. The van der Waals surface area contributed by atoms with Crippen LogP contribution in [0.2, 0.25) is 0 Å². The molecule has 0 N–H and O–H groups in total. The summed E-state index contributed by atoms with van der Waals surface area (Å²) in [4.78, 5) is 13.1. The van der Waals surface area contributed by atoms with Gasteiger partial charge in [-0.1, -0.05) is 13.8 Å². The molecule has 0 aliphatic heterocycles. The van der Waals surface area contributed by atoms with Crippen LogP contribution in [0.5, 0.6) is 0 Å². The zero-order valence-electron chi connectivity index (χ0n) is 8.98. The molecule has 0 fully saturated rings. The van der Waals surface area contributed by atoms with E-state index < -0.39 is 0 Å². The minimum absolute atomic E-state index is 0.0803. The second-order valence-electron chi connectivity index (χ2n) is 3.19. The fraction of sp³-hybridized carbons (Fsp3) is 0.889. The third-order valence-corrected chi connectivity index (χ3v) is 1.91. The first-order valence-corrected chi connectivity index (χ1v) is 4.37. The summed E-state index contributed by atoms with van der Waals surface area (Å²) in [6.45, 7) is 6.16. The standard InChI is InChI=1S/C9H19NO3/c1-7(2)9(8(3)11-4)10-6-13-12-5/h6-9H,1-5H3/b10-6+/t8?,9-/m1/s1. The first kappa shape index (κ1) is 12.4. The normalized spacial score (nSPS) is 16.5. The van der Waals surface area contributed by atoms with Crippen LogP contribution in [0.4, 0.5) is 0 Å². The van der Waals surface area contributed by atoms with Crippen LogP contribution >= 0.6 is 0 Å². The lowest BCUT2D eigenvalue weighted by Crippen LogP contribution is -2.28. The van der Waals surface area contributed by atoms with E-state index in [2.05, 4.69) is 28.6 Å². The number of nitrogens with zero attached hydrogens (tertiary/aromatic N) is 1. The first-order chi connectivity index (χ1) is 6.13. The van der Waals surface area contributed by atoms with Crippen molar-refractivity contribution in [2.45, 2.75) is 32.9 Å². The van der Waals surface area contributed by atoms with E-state index in [1.54, 1.807) is 7.11 Å². The van der Waals surface area contributed by atoms with Crippen molar-refractivity contribution in [3.8, 4) is 0 Å². The highest BCUT2D eigenvalue weighted by Crippen LogP contribution is 2.12. The van der Waals surface area contributed by atoms with Gasteiger partial charge in [0.05, 0.1) is 19.3 Å². The number of rotatable bonds is 6. The molecule has 2 atom stereocenters. The number of aliphatic imine (C=N–C) groups is 1. The van der Waals surface area contributed by atoms with E-state index in [9.17, 15) is 0 Å². The summed E-state index contributed by atoms with van der Waals surface area (Å²) in [5, 5.41) is 0.